The summed E-state index contributed by atoms with van der Waals surface area (Å²) in [5, 5.41) is 4.15. The van der Waals surface area contributed by atoms with Crippen molar-refractivity contribution in [2.45, 2.75) is 63.6 Å². The minimum absolute atomic E-state index is 0.139. The molecule has 0 spiro atoms. The minimum atomic E-state index is -0.701. The van der Waals surface area contributed by atoms with Gasteiger partial charge in [-0.25, -0.2) is 0 Å². The molecule has 1 atom stereocenters. The van der Waals surface area contributed by atoms with E-state index in [0.29, 0.717) is 35.1 Å². The van der Waals surface area contributed by atoms with Crippen molar-refractivity contribution < 1.29 is 14.3 Å². The minimum Gasteiger partial charge on any atom is -0.494 e. The zero-order valence-electron chi connectivity index (χ0n) is 21.5. The average molecular weight is 554 g/mol. The summed E-state index contributed by atoms with van der Waals surface area (Å²) in [7, 11) is 0. The number of ether oxygens (including phenoxy) is 1. The molecule has 7 heteroatoms. The monoisotopic (exact) mass is 552 g/mol. The van der Waals surface area contributed by atoms with Gasteiger partial charge in [-0.2, -0.15) is 0 Å². The largest absolute Gasteiger partial charge is 0.494 e. The Kier molecular flexibility index (Phi) is 10.5. The summed E-state index contributed by atoms with van der Waals surface area (Å²) in [5.41, 5.74) is 1.62. The van der Waals surface area contributed by atoms with E-state index >= 15 is 0 Å². The van der Waals surface area contributed by atoms with Crippen LogP contribution in [-0.4, -0.2) is 35.4 Å². The van der Waals surface area contributed by atoms with E-state index in [1.807, 2.05) is 60.7 Å². The van der Waals surface area contributed by atoms with E-state index < -0.39 is 6.04 Å². The van der Waals surface area contributed by atoms with Crippen LogP contribution in [0.4, 0.5) is 0 Å². The number of carbonyl (C=O) groups excluding carboxylic acids is 2. The maximum atomic E-state index is 13.8. The van der Waals surface area contributed by atoms with E-state index in [1.165, 1.54) is 0 Å². The van der Waals surface area contributed by atoms with Crippen molar-refractivity contribution in [3.8, 4) is 5.75 Å². The molecular weight excluding hydrogens is 519 g/mol. The standard InChI is InChI=1S/C31H34Cl2N2O3/c32-27-17-9-18-28(33)26(27)22-35(30(36)19-10-20-38-25-15-5-2-6-16-25)29(21-23-11-3-1-4-12-23)31(37)34-24-13-7-8-14-24/h1-6,9,11-12,15-18,24,29H,7-8,10,13-14,19-22H2,(H,34,37)/t29-/m0/s1. The topological polar surface area (TPSA) is 58.6 Å². The van der Waals surface area contributed by atoms with Crippen LogP contribution in [0.3, 0.4) is 0 Å². The molecule has 0 unspecified atom stereocenters. The molecule has 1 fully saturated rings. The predicted molar refractivity (Wildman–Crippen MR) is 153 cm³/mol. The first-order valence-corrected chi connectivity index (χ1v) is 14.0. The maximum Gasteiger partial charge on any atom is 0.243 e. The van der Waals surface area contributed by atoms with Crippen LogP contribution in [0.5, 0.6) is 5.75 Å². The van der Waals surface area contributed by atoms with Gasteiger partial charge in [0.2, 0.25) is 11.8 Å². The second-order valence-electron chi connectivity index (χ2n) is 9.68. The molecule has 38 heavy (non-hydrogen) atoms. The SMILES string of the molecule is O=C(NC1CCCC1)[C@H](Cc1ccccc1)N(Cc1c(Cl)cccc1Cl)C(=O)CCCOc1ccccc1. The third-order valence-corrected chi connectivity index (χ3v) is 7.62. The fourth-order valence-corrected chi connectivity index (χ4v) is 5.37. The Morgan fingerprint density at radius 2 is 1.53 bits per heavy atom. The van der Waals surface area contributed by atoms with Crippen LogP contribution in [-0.2, 0) is 22.6 Å². The Labute approximate surface area is 235 Å². The summed E-state index contributed by atoms with van der Waals surface area (Å²) in [6, 6.07) is 24.0. The number of hydrogen-bond donors (Lipinski definition) is 1. The first-order valence-electron chi connectivity index (χ1n) is 13.3. The smallest absolute Gasteiger partial charge is 0.243 e. The van der Waals surface area contributed by atoms with E-state index in [9.17, 15) is 9.59 Å². The first-order chi connectivity index (χ1) is 18.5. The summed E-state index contributed by atoms with van der Waals surface area (Å²) >= 11 is 13.0. The van der Waals surface area contributed by atoms with Crippen LogP contribution < -0.4 is 10.1 Å². The lowest BCUT2D eigenvalue weighted by Gasteiger charge is -2.33. The second kappa shape index (κ2) is 14.2. The molecule has 3 aromatic rings. The van der Waals surface area contributed by atoms with Crippen LogP contribution in [0.15, 0.2) is 78.9 Å². The molecule has 2 amide bonds. The molecule has 0 radical (unpaired) electrons. The number of amides is 2. The van der Waals surface area contributed by atoms with Crippen molar-refractivity contribution in [1.29, 1.82) is 0 Å². The molecule has 1 N–H and O–H groups in total. The van der Waals surface area contributed by atoms with Crippen LogP contribution in [0, 0.1) is 0 Å². The molecule has 3 aromatic carbocycles. The maximum absolute atomic E-state index is 13.8. The average Bonchev–Trinajstić information content (AvgIpc) is 3.44. The van der Waals surface area contributed by atoms with Gasteiger partial charge in [-0.15, -0.1) is 0 Å². The Balaban J connectivity index is 1.56. The van der Waals surface area contributed by atoms with Crippen LogP contribution in [0.2, 0.25) is 10.0 Å². The molecule has 0 aromatic heterocycles. The molecule has 1 aliphatic carbocycles. The van der Waals surface area contributed by atoms with E-state index in [1.54, 1.807) is 23.1 Å². The number of nitrogens with one attached hydrogen (secondary N) is 1. The van der Waals surface area contributed by atoms with Gasteiger partial charge in [0.05, 0.1) is 6.61 Å². The normalized spacial score (nSPS) is 14.2. The quantitative estimate of drug-likeness (QED) is 0.250. The lowest BCUT2D eigenvalue weighted by Crippen LogP contribution is -2.52. The number of hydrogen-bond acceptors (Lipinski definition) is 3. The van der Waals surface area contributed by atoms with Gasteiger partial charge in [0, 0.05) is 41.0 Å². The third kappa shape index (κ3) is 7.99. The Hall–Kier alpha value is -3.02. The van der Waals surface area contributed by atoms with Gasteiger partial charge < -0.3 is 15.0 Å². The number of nitrogens with zero attached hydrogens (tertiary/aromatic N) is 1. The fourth-order valence-electron chi connectivity index (χ4n) is 4.85. The van der Waals surface area contributed by atoms with Gasteiger partial charge in [0.15, 0.2) is 0 Å². The van der Waals surface area contributed by atoms with Crippen molar-refractivity contribution in [3.63, 3.8) is 0 Å². The molecule has 200 valence electrons. The molecule has 1 saturated carbocycles. The fraction of sp³-hybridized carbons (Fsp3) is 0.355. The predicted octanol–water partition coefficient (Wildman–Crippen LogP) is 6.85. The summed E-state index contributed by atoms with van der Waals surface area (Å²) in [6.07, 6.45) is 5.28. The van der Waals surface area contributed by atoms with Crippen LogP contribution >= 0.6 is 23.2 Å². The lowest BCUT2D eigenvalue weighted by atomic mass is 10.0. The summed E-state index contributed by atoms with van der Waals surface area (Å²) in [6.45, 7) is 0.542. The highest BCUT2D eigenvalue weighted by Gasteiger charge is 2.32. The summed E-state index contributed by atoms with van der Waals surface area (Å²) < 4.78 is 5.79. The van der Waals surface area contributed by atoms with E-state index in [-0.39, 0.29) is 30.8 Å². The van der Waals surface area contributed by atoms with Crippen LogP contribution in [0.25, 0.3) is 0 Å². The van der Waals surface area contributed by atoms with Crippen LogP contribution in [0.1, 0.15) is 49.7 Å². The van der Waals surface area contributed by atoms with Crippen molar-refractivity contribution in [1.82, 2.24) is 10.2 Å². The Morgan fingerprint density at radius 3 is 2.18 bits per heavy atom. The number of benzene rings is 3. The van der Waals surface area contributed by atoms with Gasteiger partial charge in [-0.3, -0.25) is 9.59 Å². The zero-order chi connectivity index (χ0) is 26.7. The molecule has 5 nitrogen and oxygen atoms in total. The highest BCUT2D eigenvalue weighted by Crippen LogP contribution is 2.28. The lowest BCUT2D eigenvalue weighted by molar-refractivity contribution is -0.141. The van der Waals surface area contributed by atoms with Gasteiger partial charge in [-0.1, -0.05) is 90.6 Å². The van der Waals surface area contributed by atoms with Crippen molar-refractivity contribution in [2.75, 3.05) is 6.61 Å². The molecule has 0 heterocycles. The van der Waals surface area contributed by atoms with Gasteiger partial charge in [0.1, 0.15) is 11.8 Å². The molecule has 0 bridgehead atoms. The molecule has 1 aliphatic rings. The van der Waals surface area contributed by atoms with E-state index in [0.717, 1.165) is 37.0 Å². The summed E-state index contributed by atoms with van der Waals surface area (Å²) in [5.74, 6) is 0.482. The highest BCUT2D eigenvalue weighted by molar-refractivity contribution is 6.36. The van der Waals surface area contributed by atoms with Crippen molar-refractivity contribution in [3.05, 3.63) is 100 Å². The number of carbonyl (C=O) groups is 2. The highest BCUT2D eigenvalue weighted by atomic mass is 35.5. The molecule has 0 saturated heterocycles. The first kappa shape index (κ1) is 28.0. The Bertz CT molecular complexity index is 1160. The molecule has 4 rings (SSSR count). The molecular formula is C31H34Cl2N2O3. The van der Waals surface area contributed by atoms with E-state index in [2.05, 4.69) is 5.32 Å². The summed E-state index contributed by atoms with van der Waals surface area (Å²) in [4.78, 5) is 29.1. The zero-order valence-corrected chi connectivity index (χ0v) is 23.0. The van der Waals surface area contributed by atoms with Gasteiger partial charge in [0.25, 0.3) is 0 Å². The second-order valence-corrected chi connectivity index (χ2v) is 10.5. The van der Waals surface area contributed by atoms with Crippen molar-refractivity contribution in [2.24, 2.45) is 0 Å². The molecule has 0 aliphatic heterocycles. The van der Waals surface area contributed by atoms with Crippen molar-refractivity contribution >= 4 is 35.0 Å². The number of para-hydroxylation sites is 1. The third-order valence-electron chi connectivity index (χ3n) is 6.91. The van der Waals surface area contributed by atoms with Gasteiger partial charge in [-0.05, 0) is 49.1 Å². The van der Waals surface area contributed by atoms with Gasteiger partial charge >= 0.3 is 0 Å². The number of rotatable bonds is 12. The number of halogens is 2. The Morgan fingerprint density at radius 1 is 0.895 bits per heavy atom. The van der Waals surface area contributed by atoms with E-state index in [4.69, 9.17) is 27.9 Å².